The molecule has 2 amide bonds. The van der Waals surface area contributed by atoms with Gasteiger partial charge < -0.3 is 9.80 Å². The van der Waals surface area contributed by atoms with Crippen molar-refractivity contribution in [3.05, 3.63) is 62.4 Å². The van der Waals surface area contributed by atoms with Gasteiger partial charge >= 0.3 is 0 Å². The van der Waals surface area contributed by atoms with Crippen molar-refractivity contribution < 1.29 is 9.59 Å². The lowest BCUT2D eigenvalue weighted by Gasteiger charge is -2.37. The topological polar surface area (TPSA) is 43.9 Å². The largest absolute Gasteiger partial charge is 0.340 e. The van der Waals surface area contributed by atoms with Gasteiger partial charge in [-0.05, 0) is 45.3 Å². The van der Waals surface area contributed by atoms with Crippen LogP contribution in [0.3, 0.4) is 0 Å². The van der Waals surface area contributed by atoms with Gasteiger partial charge in [0.1, 0.15) is 0 Å². The highest BCUT2D eigenvalue weighted by molar-refractivity contribution is 9.11. The molecule has 4 rings (SSSR count). The first-order chi connectivity index (χ1) is 14.0. The Morgan fingerprint density at radius 1 is 1.10 bits per heavy atom. The standard InChI is InChI=1S/C22H24BrN3O2S/c1-16(27)26-9-8-17-4-2-3-5-19(17)20(26)14-22(28)25-12-10-24(11-13-25)15-18-6-7-21(23)29-18/h2-9,20H,10-15H2,1H3. The van der Waals surface area contributed by atoms with Crippen molar-refractivity contribution in [2.75, 3.05) is 26.2 Å². The molecule has 0 saturated carbocycles. The second kappa shape index (κ2) is 8.81. The molecule has 3 heterocycles. The summed E-state index contributed by atoms with van der Waals surface area (Å²) in [6.45, 7) is 5.69. The van der Waals surface area contributed by atoms with E-state index in [4.69, 9.17) is 0 Å². The minimum Gasteiger partial charge on any atom is -0.340 e. The van der Waals surface area contributed by atoms with Crippen LogP contribution < -0.4 is 0 Å². The minimum absolute atomic E-state index is 0.0412. The summed E-state index contributed by atoms with van der Waals surface area (Å²) in [7, 11) is 0. The molecule has 0 spiro atoms. The fraction of sp³-hybridized carbons (Fsp3) is 0.364. The Labute approximate surface area is 183 Å². The SMILES string of the molecule is CC(=O)N1C=Cc2ccccc2C1CC(=O)N1CCN(Cc2ccc(Br)s2)CC1. The number of hydrogen-bond acceptors (Lipinski definition) is 4. The third kappa shape index (κ3) is 4.63. The summed E-state index contributed by atoms with van der Waals surface area (Å²) < 4.78 is 1.15. The van der Waals surface area contributed by atoms with Crippen molar-refractivity contribution in [1.82, 2.24) is 14.7 Å². The Kier molecular flexibility index (Phi) is 6.18. The summed E-state index contributed by atoms with van der Waals surface area (Å²) in [4.78, 5) is 32.5. The molecule has 1 aromatic carbocycles. The molecule has 29 heavy (non-hydrogen) atoms. The smallest absolute Gasteiger partial charge is 0.225 e. The van der Waals surface area contributed by atoms with Crippen LogP contribution in [0, 0.1) is 0 Å². The highest BCUT2D eigenvalue weighted by Gasteiger charge is 2.31. The van der Waals surface area contributed by atoms with Gasteiger partial charge in [0, 0.05) is 50.7 Å². The normalized spacial score (nSPS) is 19.3. The van der Waals surface area contributed by atoms with Gasteiger partial charge in [0.15, 0.2) is 0 Å². The molecule has 0 radical (unpaired) electrons. The summed E-state index contributed by atoms with van der Waals surface area (Å²) in [5.41, 5.74) is 2.12. The number of piperazine rings is 1. The molecule has 1 fully saturated rings. The van der Waals surface area contributed by atoms with Crippen molar-refractivity contribution in [2.24, 2.45) is 0 Å². The summed E-state index contributed by atoms with van der Waals surface area (Å²) in [5, 5.41) is 0. The number of rotatable bonds is 4. The average molecular weight is 474 g/mol. The van der Waals surface area contributed by atoms with Crippen molar-refractivity contribution in [1.29, 1.82) is 0 Å². The van der Waals surface area contributed by atoms with Gasteiger partial charge in [-0.1, -0.05) is 24.3 Å². The molecule has 7 heteroatoms. The Morgan fingerprint density at radius 3 is 2.55 bits per heavy atom. The van der Waals surface area contributed by atoms with E-state index in [2.05, 4.69) is 33.0 Å². The number of hydrogen-bond donors (Lipinski definition) is 0. The first-order valence-electron chi connectivity index (χ1n) is 9.81. The maximum Gasteiger partial charge on any atom is 0.225 e. The van der Waals surface area contributed by atoms with Crippen LogP contribution in [0.5, 0.6) is 0 Å². The number of benzene rings is 1. The average Bonchev–Trinajstić information content (AvgIpc) is 3.13. The zero-order valence-corrected chi connectivity index (χ0v) is 18.8. The van der Waals surface area contributed by atoms with Crippen LogP contribution in [0.4, 0.5) is 0 Å². The summed E-state index contributed by atoms with van der Waals surface area (Å²) in [6.07, 6.45) is 4.07. The highest BCUT2D eigenvalue weighted by atomic mass is 79.9. The molecule has 0 aliphatic carbocycles. The van der Waals surface area contributed by atoms with Gasteiger partial charge in [-0.2, -0.15) is 0 Å². The molecule has 152 valence electrons. The van der Waals surface area contributed by atoms with Gasteiger partial charge in [-0.25, -0.2) is 0 Å². The number of carbonyl (C=O) groups is 2. The van der Waals surface area contributed by atoms with E-state index in [9.17, 15) is 9.59 Å². The van der Waals surface area contributed by atoms with E-state index in [-0.39, 0.29) is 17.9 Å². The summed E-state index contributed by atoms with van der Waals surface area (Å²) in [5.74, 6) is 0.0744. The van der Waals surface area contributed by atoms with Gasteiger partial charge in [-0.3, -0.25) is 14.5 Å². The molecule has 2 aliphatic heterocycles. The van der Waals surface area contributed by atoms with Crippen LogP contribution in [0.15, 0.2) is 46.4 Å². The summed E-state index contributed by atoms with van der Waals surface area (Å²) in [6, 6.07) is 12.0. The van der Waals surface area contributed by atoms with Crippen molar-refractivity contribution >= 4 is 45.2 Å². The van der Waals surface area contributed by atoms with E-state index < -0.39 is 0 Å². The lowest BCUT2D eigenvalue weighted by molar-refractivity contribution is -0.136. The Morgan fingerprint density at radius 2 is 1.86 bits per heavy atom. The number of fused-ring (bicyclic) bond motifs is 1. The van der Waals surface area contributed by atoms with E-state index in [1.165, 1.54) is 4.88 Å². The van der Waals surface area contributed by atoms with Gasteiger partial charge in [-0.15, -0.1) is 11.3 Å². The molecular formula is C22H24BrN3O2S. The molecular weight excluding hydrogens is 450 g/mol. The van der Waals surface area contributed by atoms with Gasteiger partial charge in [0.25, 0.3) is 0 Å². The Hall–Kier alpha value is -1.96. The molecule has 1 saturated heterocycles. The van der Waals surface area contributed by atoms with Gasteiger partial charge in [0.05, 0.1) is 16.2 Å². The fourth-order valence-electron chi connectivity index (χ4n) is 4.02. The summed E-state index contributed by atoms with van der Waals surface area (Å²) >= 11 is 5.27. The van der Waals surface area contributed by atoms with Crippen LogP contribution in [-0.4, -0.2) is 52.7 Å². The van der Waals surface area contributed by atoms with Crippen LogP contribution >= 0.6 is 27.3 Å². The van der Waals surface area contributed by atoms with Crippen LogP contribution in [-0.2, 0) is 16.1 Å². The van der Waals surface area contributed by atoms with Gasteiger partial charge in [0.2, 0.25) is 11.8 Å². The van der Waals surface area contributed by atoms with Crippen LogP contribution in [0.25, 0.3) is 6.08 Å². The molecule has 5 nitrogen and oxygen atoms in total. The van der Waals surface area contributed by atoms with Crippen LogP contribution in [0.2, 0.25) is 0 Å². The molecule has 2 aliphatic rings. The van der Waals surface area contributed by atoms with E-state index >= 15 is 0 Å². The Bertz CT molecular complexity index is 934. The van der Waals surface area contributed by atoms with E-state index in [1.807, 2.05) is 35.2 Å². The maximum absolute atomic E-state index is 13.1. The molecule has 1 atom stereocenters. The third-order valence-electron chi connectivity index (χ3n) is 5.57. The van der Waals surface area contributed by atoms with E-state index in [1.54, 1.807) is 29.4 Å². The first-order valence-corrected chi connectivity index (χ1v) is 11.4. The zero-order valence-electron chi connectivity index (χ0n) is 16.4. The van der Waals surface area contributed by atoms with E-state index in [0.717, 1.165) is 47.6 Å². The molecule has 1 aromatic heterocycles. The molecule has 1 unspecified atom stereocenters. The second-order valence-corrected chi connectivity index (χ2v) is 10.0. The second-order valence-electron chi connectivity index (χ2n) is 7.45. The number of halogens is 1. The number of thiophene rings is 1. The predicted octanol–water partition coefficient (Wildman–Crippen LogP) is 4.12. The molecule has 0 bridgehead atoms. The molecule has 0 N–H and O–H groups in total. The first kappa shape index (κ1) is 20.3. The van der Waals surface area contributed by atoms with Crippen LogP contribution in [0.1, 0.15) is 35.4 Å². The predicted molar refractivity (Wildman–Crippen MR) is 119 cm³/mol. The quantitative estimate of drug-likeness (QED) is 0.670. The lowest BCUT2D eigenvalue weighted by Crippen LogP contribution is -2.49. The zero-order chi connectivity index (χ0) is 20.4. The molecule has 2 aromatic rings. The fourth-order valence-corrected chi connectivity index (χ4v) is 5.55. The lowest BCUT2D eigenvalue weighted by atomic mass is 9.93. The van der Waals surface area contributed by atoms with E-state index in [0.29, 0.717) is 6.42 Å². The number of carbonyl (C=O) groups excluding carboxylic acids is 2. The third-order valence-corrected chi connectivity index (χ3v) is 7.18. The number of nitrogens with zero attached hydrogens (tertiary/aromatic N) is 3. The maximum atomic E-state index is 13.1. The van der Waals surface area contributed by atoms with Crippen molar-refractivity contribution in [3.63, 3.8) is 0 Å². The number of amides is 2. The minimum atomic E-state index is -0.234. The highest BCUT2D eigenvalue weighted by Crippen LogP contribution is 2.33. The Balaban J connectivity index is 1.38. The monoisotopic (exact) mass is 473 g/mol. The van der Waals surface area contributed by atoms with Crippen molar-refractivity contribution in [2.45, 2.75) is 25.9 Å². The van der Waals surface area contributed by atoms with Crippen molar-refractivity contribution in [3.8, 4) is 0 Å².